The van der Waals surface area contributed by atoms with Gasteiger partial charge in [-0.25, -0.2) is 0 Å². The Bertz CT molecular complexity index is 538. The van der Waals surface area contributed by atoms with Crippen molar-refractivity contribution >= 4 is 11.6 Å². The fraction of sp³-hybridized carbons (Fsp3) is 0.500. The van der Waals surface area contributed by atoms with Crippen molar-refractivity contribution in [2.75, 3.05) is 18.0 Å². The molecule has 0 aromatic heterocycles. The quantitative estimate of drug-likeness (QED) is 0.862. The van der Waals surface area contributed by atoms with Gasteiger partial charge in [0.05, 0.1) is 0 Å². The van der Waals surface area contributed by atoms with Crippen LogP contribution in [0.1, 0.15) is 31.7 Å². The second-order valence-corrected chi connectivity index (χ2v) is 6.15. The number of nitrogens with one attached hydrogen (secondary N) is 1. The van der Waals surface area contributed by atoms with Gasteiger partial charge in [0.1, 0.15) is 0 Å². The molecule has 0 saturated carbocycles. The van der Waals surface area contributed by atoms with Gasteiger partial charge in [0.2, 0.25) is 5.91 Å². The average molecular weight is 284 g/mol. The van der Waals surface area contributed by atoms with Crippen molar-refractivity contribution in [2.45, 2.75) is 38.6 Å². The van der Waals surface area contributed by atoms with Gasteiger partial charge in [0, 0.05) is 30.7 Å². The molecule has 0 fully saturated rings. The zero-order chi connectivity index (χ0) is 14.7. The summed E-state index contributed by atoms with van der Waals surface area (Å²) in [6.07, 6.45) is 8.34. The topological polar surface area (TPSA) is 32.3 Å². The largest absolute Gasteiger partial charge is 0.366 e. The molecule has 2 atom stereocenters. The molecule has 0 saturated heterocycles. The zero-order valence-corrected chi connectivity index (χ0v) is 12.7. The molecule has 3 rings (SSSR count). The first-order valence-corrected chi connectivity index (χ1v) is 8.03. The number of amides is 1. The van der Waals surface area contributed by atoms with Crippen molar-refractivity contribution in [2.24, 2.45) is 5.92 Å². The van der Waals surface area contributed by atoms with Gasteiger partial charge in [-0.15, -0.1) is 0 Å². The highest BCUT2D eigenvalue weighted by Crippen LogP contribution is 2.29. The van der Waals surface area contributed by atoms with E-state index in [0.717, 1.165) is 38.8 Å². The van der Waals surface area contributed by atoms with Gasteiger partial charge in [-0.2, -0.15) is 0 Å². The first-order valence-electron chi connectivity index (χ1n) is 8.03. The van der Waals surface area contributed by atoms with Crippen molar-refractivity contribution < 1.29 is 4.79 Å². The van der Waals surface area contributed by atoms with Crippen molar-refractivity contribution in [3.8, 4) is 0 Å². The summed E-state index contributed by atoms with van der Waals surface area (Å²) < 4.78 is 0. The molecule has 112 valence electrons. The van der Waals surface area contributed by atoms with Crippen LogP contribution in [0.25, 0.3) is 0 Å². The maximum Gasteiger partial charge on any atom is 0.223 e. The Hall–Kier alpha value is -1.77. The number of rotatable bonds is 4. The van der Waals surface area contributed by atoms with Crippen molar-refractivity contribution in [1.29, 1.82) is 0 Å². The van der Waals surface area contributed by atoms with Crippen LogP contribution in [0.3, 0.4) is 0 Å². The van der Waals surface area contributed by atoms with Gasteiger partial charge < -0.3 is 10.2 Å². The number of carbonyl (C=O) groups is 1. The summed E-state index contributed by atoms with van der Waals surface area (Å²) in [5.41, 5.74) is 2.76. The zero-order valence-electron chi connectivity index (χ0n) is 12.7. The van der Waals surface area contributed by atoms with Gasteiger partial charge in [-0.1, -0.05) is 30.4 Å². The van der Waals surface area contributed by atoms with Crippen molar-refractivity contribution in [3.63, 3.8) is 0 Å². The molecule has 3 heteroatoms. The minimum Gasteiger partial charge on any atom is -0.366 e. The summed E-state index contributed by atoms with van der Waals surface area (Å²) in [5, 5.41) is 3.15. The lowest BCUT2D eigenvalue weighted by Crippen LogP contribution is -2.43. The van der Waals surface area contributed by atoms with E-state index >= 15 is 0 Å². The lowest BCUT2D eigenvalue weighted by Gasteiger charge is -2.28. The number of carbonyl (C=O) groups excluding carboxylic acids is 1. The molecular weight excluding hydrogens is 260 g/mol. The van der Waals surface area contributed by atoms with Crippen LogP contribution in [0.2, 0.25) is 0 Å². The van der Waals surface area contributed by atoms with Crippen LogP contribution >= 0.6 is 0 Å². The van der Waals surface area contributed by atoms with E-state index in [9.17, 15) is 4.79 Å². The number of anilines is 1. The molecule has 1 heterocycles. The number of allylic oxidation sites excluding steroid dienone is 2. The number of nitrogens with zero attached hydrogens (tertiary/aromatic N) is 1. The third-order valence-corrected chi connectivity index (χ3v) is 4.67. The Morgan fingerprint density at radius 1 is 1.38 bits per heavy atom. The Kier molecular flexibility index (Phi) is 4.28. The second kappa shape index (κ2) is 6.33. The number of hydrogen-bond donors (Lipinski definition) is 1. The minimum atomic E-state index is 0.174. The van der Waals surface area contributed by atoms with Gasteiger partial charge in [-0.05, 0) is 44.2 Å². The summed E-state index contributed by atoms with van der Waals surface area (Å²) >= 11 is 0. The van der Waals surface area contributed by atoms with Gasteiger partial charge in [0.15, 0.2) is 0 Å². The van der Waals surface area contributed by atoms with E-state index in [1.54, 1.807) is 0 Å². The molecule has 1 aliphatic carbocycles. The molecule has 2 aliphatic rings. The number of para-hydroxylation sites is 1. The lowest BCUT2D eigenvalue weighted by atomic mass is 9.93. The lowest BCUT2D eigenvalue weighted by molar-refractivity contribution is -0.125. The van der Waals surface area contributed by atoms with Crippen LogP contribution in [0.5, 0.6) is 0 Å². The highest BCUT2D eigenvalue weighted by atomic mass is 16.1. The fourth-order valence-electron chi connectivity index (χ4n) is 3.36. The minimum absolute atomic E-state index is 0.174. The number of benzene rings is 1. The maximum atomic E-state index is 12.2. The molecule has 1 aliphatic heterocycles. The molecule has 1 N–H and O–H groups in total. The monoisotopic (exact) mass is 284 g/mol. The molecule has 0 radical (unpaired) electrons. The highest BCUT2D eigenvalue weighted by molar-refractivity contribution is 5.79. The van der Waals surface area contributed by atoms with E-state index in [-0.39, 0.29) is 11.8 Å². The number of fused-ring (bicyclic) bond motifs is 1. The molecule has 1 aromatic rings. The van der Waals surface area contributed by atoms with Crippen LogP contribution in [0.15, 0.2) is 36.4 Å². The molecule has 1 aromatic carbocycles. The van der Waals surface area contributed by atoms with Crippen LogP contribution in [0, 0.1) is 5.92 Å². The van der Waals surface area contributed by atoms with Crippen LogP contribution in [-0.2, 0) is 11.2 Å². The Morgan fingerprint density at radius 2 is 2.24 bits per heavy atom. The highest BCUT2D eigenvalue weighted by Gasteiger charge is 2.24. The molecule has 0 spiro atoms. The maximum absolute atomic E-state index is 12.2. The standard InChI is InChI=1S/C18H24N2O/c1-14(13-19-18(21)16-8-3-2-4-9-16)20-12-11-15-7-5-6-10-17(15)20/h2-3,5-7,10,14,16H,4,8-9,11-13H2,1H3,(H,19,21)/t14-,16+/m1/s1. The predicted octanol–water partition coefficient (Wildman–Crippen LogP) is 2.91. The molecule has 0 unspecified atom stereocenters. The first kappa shape index (κ1) is 14.2. The average Bonchev–Trinajstić information content (AvgIpc) is 2.97. The summed E-state index contributed by atoms with van der Waals surface area (Å²) in [6.45, 7) is 3.99. The summed E-state index contributed by atoms with van der Waals surface area (Å²) in [5.74, 6) is 0.395. The van der Waals surface area contributed by atoms with Crippen molar-refractivity contribution in [1.82, 2.24) is 5.32 Å². The van der Waals surface area contributed by atoms with E-state index < -0.39 is 0 Å². The van der Waals surface area contributed by atoms with Crippen LogP contribution in [0.4, 0.5) is 5.69 Å². The Labute approximate surface area is 127 Å². The summed E-state index contributed by atoms with van der Waals surface area (Å²) in [6, 6.07) is 8.93. The number of hydrogen-bond acceptors (Lipinski definition) is 2. The summed E-state index contributed by atoms with van der Waals surface area (Å²) in [7, 11) is 0. The normalized spacial score (nSPS) is 22.0. The van der Waals surface area contributed by atoms with Crippen molar-refractivity contribution in [3.05, 3.63) is 42.0 Å². The smallest absolute Gasteiger partial charge is 0.223 e. The second-order valence-electron chi connectivity index (χ2n) is 6.15. The molecule has 3 nitrogen and oxygen atoms in total. The fourth-order valence-corrected chi connectivity index (χ4v) is 3.36. The van der Waals surface area contributed by atoms with Crippen LogP contribution < -0.4 is 10.2 Å². The molecule has 21 heavy (non-hydrogen) atoms. The van der Waals surface area contributed by atoms with Gasteiger partial charge in [0.25, 0.3) is 0 Å². The van der Waals surface area contributed by atoms with E-state index in [4.69, 9.17) is 0 Å². The van der Waals surface area contributed by atoms with E-state index in [1.807, 2.05) is 0 Å². The van der Waals surface area contributed by atoms with E-state index in [0.29, 0.717) is 6.04 Å². The van der Waals surface area contributed by atoms with E-state index in [1.165, 1.54) is 11.3 Å². The third-order valence-electron chi connectivity index (χ3n) is 4.67. The Balaban J connectivity index is 1.54. The SMILES string of the molecule is C[C@H](CNC(=O)[C@H]1CC=CCC1)N1CCc2ccccc21. The van der Waals surface area contributed by atoms with Gasteiger partial charge in [-0.3, -0.25) is 4.79 Å². The molecule has 0 bridgehead atoms. The molecule has 1 amide bonds. The van der Waals surface area contributed by atoms with Gasteiger partial charge >= 0.3 is 0 Å². The predicted molar refractivity (Wildman–Crippen MR) is 86.4 cm³/mol. The Morgan fingerprint density at radius 3 is 3.05 bits per heavy atom. The summed E-state index contributed by atoms with van der Waals surface area (Å²) in [4.78, 5) is 14.6. The van der Waals surface area contributed by atoms with Crippen LogP contribution in [-0.4, -0.2) is 25.0 Å². The molecular formula is C18H24N2O. The first-order chi connectivity index (χ1) is 10.3. The van der Waals surface area contributed by atoms with E-state index in [2.05, 4.69) is 53.6 Å². The third kappa shape index (κ3) is 3.12.